The maximum atomic E-state index is 3.60. The smallest absolute Gasteiger partial charge is 0.214 e. The average Bonchev–Trinajstić information content (AvgIpc) is 2.81. The van der Waals surface area contributed by atoms with Gasteiger partial charge in [-0.05, 0) is 0 Å². The first-order valence-corrected chi connectivity index (χ1v) is 3.94. The van der Waals surface area contributed by atoms with Crippen molar-refractivity contribution in [3.8, 4) is 0 Å². The van der Waals surface area contributed by atoms with Crippen LogP contribution in [0, 0.1) is 0 Å². The Bertz CT molecular complexity index is 260. The summed E-state index contributed by atoms with van der Waals surface area (Å²) in [5, 5.41) is 0. The quantitative estimate of drug-likeness (QED) is 0.501. The summed E-state index contributed by atoms with van der Waals surface area (Å²) in [7, 11) is 0. The van der Waals surface area contributed by atoms with Crippen molar-refractivity contribution in [3.05, 3.63) is 66.7 Å². The van der Waals surface area contributed by atoms with Gasteiger partial charge in [-0.2, -0.15) is 36.9 Å². The van der Waals surface area contributed by atoms with E-state index in [1.165, 1.54) is 5.56 Å². The van der Waals surface area contributed by atoms with Gasteiger partial charge in [0, 0.05) is 0 Å². The third kappa shape index (κ3) is 5.24. The van der Waals surface area contributed by atoms with Crippen molar-refractivity contribution in [1.29, 1.82) is 0 Å². The van der Waals surface area contributed by atoms with Crippen LogP contribution in [0.25, 0.3) is 6.08 Å². The summed E-state index contributed by atoms with van der Waals surface area (Å²) in [5.41, 5.74) is 1.19. The molecular formula is C12H12Fe. The molecule has 0 N–H and O–H groups in total. The molecule has 68 valence electrons. The Morgan fingerprint density at radius 2 is 1.54 bits per heavy atom. The molecule has 0 saturated carbocycles. The molecule has 0 spiro atoms. The SMILES string of the molecule is C=C[c-]1cccc1.[Fe+2].c1cc[cH-]c1. The third-order valence-electron chi connectivity index (χ3n) is 1.48. The van der Waals surface area contributed by atoms with Crippen LogP contribution in [0.15, 0.2) is 61.2 Å². The molecule has 0 saturated heterocycles. The van der Waals surface area contributed by atoms with Gasteiger partial charge in [0.2, 0.25) is 0 Å². The van der Waals surface area contributed by atoms with Gasteiger partial charge in [0.15, 0.2) is 0 Å². The minimum atomic E-state index is 0. The fourth-order valence-corrected chi connectivity index (χ4v) is 0.846. The second-order valence-electron chi connectivity index (χ2n) is 2.38. The van der Waals surface area contributed by atoms with E-state index >= 15 is 0 Å². The number of hydrogen-bond donors (Lipinski definition) is 0. The van der Waals surface area contributed by atoms with E-state index in [2.05, 4.69) is 6.58 Å². The summed E-state index contributed by atoms with van der Waals surface area (Å²) in [6, 6.07) is 18.0. The molecule has 2 aromatic rings. The van der Waals surface area contributed by atoms with Crippen LogP contribution in [0.5, 0.6) is 0 Å². The first kappa shape index (κ1) is 12.0. The van der Waals surface area contributed by atoms with Gasteiger partial charge in [0.25, 0.3) is 0 Å². The predicted octanol–water partition coefficient (Wildman–Crippen LogP) is 3.45. The molecule has 0 amide bonds. The molecule has 0 nitrogen and oxygen atoms in total. The molecule has 1 heteroatoms. The predicted molar refractivity (Wildman–Crippen MR) is 54.2 cm³/mol. The summed E-state index contributed by atoms with van der Waals surface area (Å²) in [6.45, 7) is 3.60. The van der Waals surface area contributed by atoms with E-state index in [4.69, 9.17) is 0 Å². The van der Waals surface area contributed by atoms with Crippen molar-refractivity contribution >= 4 is 6.08 Å². The first-order chi connectivity index (χ1) is 5.93. The minimum Gasteiger partial charge on any atom is -0.214 e. The molecule has 0 aliphatic carbocycles. The molecule has 0 aromatic heterocycles. The Labute approximate surface area is 90.1 Å². The second kappa shape index (κ2) is 7.60. The van der Waals surface area contributed by atoms with Crippen LogP contribution in [0.2, 0.25) is 0 Å². The van der Waals surface area contributed by atoms with E-state index < -0.39 is 0 Å². The largest absolute Gasteiger partial charge is 2.00 e. The zero-order valence-corrected chi connectivity index (χ0v) is 8.44. The van der Waals surface area contributed by atoms with Crippen molar-refractivity contribution in [3.63, 3.8) is 0 Å². The van der Waals surface area contributed by atoms with Crippen LogP contribution < -0.4 is 0 Å². The standard InChI is InChI=1S/C7H7.C5H5.Fe/c1-2-7-5-3-4-6-7;1-2-4-5-3-1;/h2-6H,1H2;1-5H;/q2*-1;+2. The normalized spacial score (nSPS) is 7.69. The van der Waals surface area contributed by atoms with E-state index in [0.29, 0.717) is 0 Å². The van der Waals surface area contributed by atoms with Crippen molar-refractivity contribution in [1.82, 2.24) is 0 Å². The van der Waals surface area contributed by atoms with Crippen LogP contribution in [0.3, 0.4) is 0 Å². The van der Waals surface area contributed by atoms with Crippen LogP contribution in [0.4, 0.5) is 0 Å². The summed E-state index contributed by atoms with van der Waals surface area (Å²) < 4.78 is 0. The van der Waals surface area contributed by atoms with Crippen molar-refractivity contribution in [2.24, 2.45) is 0 Å². The van der Waals surface area contributed by atoms with Crippen molar-refractivity contribution in [2.45, 2.75) is 0 Å². The Balaban J connectivity index is 0.000000215. The van der Waals surface area contributed by atoms with Crippen LogP contribution in [0.1, 0.15) is 5.56 Å². The molecule has 2 aromatic carbocycles. The zero-order chi connectivity index (χ0) is 8.65. The molecule has 0 atom stereocenters. The van der Waals surface area contributed by atoms with E-state index in [-0.39, 0.29) is 17.1 Å². The van der Waals surface area contributed by atoms with Crippen LogP contribution in [-0.2, 0) is 17.1 Å². The third-order valence-corrected chi connectivity index (χ3v) is 1.48. The number of hydrogen-bond acceptors (Lipinski definition) is 0. The molecule has 0 aliphatic heterocycles. The van der Waals surface area contributed by atoms with Gasteiger partial charge in [-0.1, -0.05) is 0 Å². The van der Waals surface area contributed by atoms with Gasteiger partial charge >= 0.3 is 17.1 Å². The van der Waals surface area contributed by atoms with Crippen LogP contribution >= 0.6 is 0 Å². The monoisotopic (exact) mass is 212 g/mol. The Hall–Kier alpha value is -1.04. The summed E-state index contributed by atoms with van der Waals surface area (Å²) >= 11 is 0. The second-order valence-corrected chi connectivity index (χ2v) is 2.38. The first-order valence-electron chi connectivity index (χ1n) is 3.94. The molecule has 0 unspecified atom stereocenters. The molecule has 0 radical (unpaired) electrons. The van der Waals surface area contributed by atoms with Gasteiger partial charge in [0.05, 0.1) is 0 Å². The van der Waals surface area contributed by atoms with Gasteiger partial charge in [-0.3, -0.25) is 0 Å². The molecular weight excluding hydrogens is 200 g/mol. The van der Waals surface area contributed by atoms with Gasteiger partial charge in [-0.15, -0.1) is 23.8 Å². The fraction of sp³-hybridized carbons (Fsp3) is 0. The summed E-state index contributed by atoms with van der Waals surface area (Å²) in [4.78, 5) is 0. The fourth-order valence-electron chi connectivity index (χ4n) is 0.846. The molecule has 13 heavy (non-hydrogen) atoms. The zero-order valence-electron chi connectivity index (χ0n) is 7.33. The Kier molecular flexibility index (Phi) is 6.99. The Morgan fingerprint density at radius 1 is 1.00 bits per heavy atom. The minimum absolute atomic E-state index is 0. The molecule has 0 aliphatic rings. The maximum Gasteiger partial charge on any atom is 2.00 e. The van der Waals surface area contributed by atoms with Crippen molar-refractivity contribution < 1.29 is 17.1 Å². The van der Waals surface area contributed by atoms with Crippen molar-refractivity contribution in [2.75, 3.05) is 0 Å². The average molecular weight is 212 g/mol. The van der Waals surface area contributed by atoms with Gasteiger partial charge in [0.1, 0.15) is 0 Å². The molecule has 0 fully saturated rings. The van der Waals surface area contributed by atoms with E-state index in [0.717, 1.165) is 0 Å². The topological polar surface area (TPSA) is 0 Å². The molecule has 2 rings (SSSR count). The van der Waals surface area contributed by atoms with E-state index in [1.807, 2.05) is 60.7 Å². The molecule has 0 bridgehead atoms. The molecule has 0 heterocycles. The Morgan fingerprint density at radius 3 is 1.77 bits per heavy atom. The van der Waals surface area contributed by atoms with Gasteiger partial charge < -0.3 is 0 Å². The van der Waals surface area contributed by atoms with E-state index in [1.54, 1.807) is 0 Å². The summed E-state index contributed by atoms with van der Waals surface area (Å²) in [5.74, 6) is 0. The van der Waals surface area contributed by atoms with E-state index in [9.17, 15) is 0 Å². The summed E-state index contributed by atoms with van der Waals surface area (Å²) in [6.07, 6.45) is 1.83. The maximum absolute atomic E-state index is 3.60. The van der Waals surface area contributed by atoms with Crippen LogP contribution in [-0.4, -0.2) is 0 Å². The van der Waals surface area contributed by atoms with Gasteiger partial charge in [-0.25, -0.2) is 12.1 Å². The number of rotatable bonds is 1.